The normalized spacial score (nSPS) is 12.2. The van der Waals surface area contributed by atoms with E-state index in [1.54, 1.807) is 13.1 Å². The van der Waals surface area contributed by atoms with Gasteiger partial charge in [0.25, 0.3) is 5.91 Å². The lowest BCUT2D eigenvalue weighted by Gasteiger charge is -2.13. The molecular weight excluding hydrogens is 425 g/mol. The van der Waals surface area contributed by atoms with Gasteiger partial charge in [-0.1, -0.05) is 42.5 Å². The lowest BCUT2D eigenvalue weighted by Crippen LogP contribution is -2.34. The maximum atomic E-state index is 12.2. The molecule has 0 spiro atoms. The number of hydrogen-bond acceptors (Lipinski definition) is 3. The summed E-state index contributed by atoms with van der Waals surface area (Å²) in [5.74, 6) is -0.185. The van der Waals surface area contributed by atoms with E-state index < -0.39 is 0 Å². The second-order valence-electron chi connectivity index (χ2n) is 5.68. The van der Waals surface area contributed by atoms with Crippen LogP contribution in [0, 0.1) is 3.57 Å². The van der Waals surface area contributed by atoms with Gasteiger partial charge >= 0.3 is 0 Å². The van der Waals surface area contributed by atoms with Crippen LogP contribution in [0.1, 0.15) is 12.5 Å². The van der Waals surface area contributed by atoms with Crippen LogP contribution in [0.4, 0.5) is 5.69 Å². The molecule has 0 aliphatic heterocycles. The summed E-state index contributed by atoms with van der Waals surface area (Å²) in [5.41, 5.74) is 4.47. The van der Waals surface area contributed by atoms with E-state index in [1.807, 2.05) is 54.6 Å². The number of hydrogen-bond donors (Lipinski definition) is 2. The molecule has 0 aliphatic rings. The van der Waals surface area contributed by atoms with Crippen LogP contribution in [0.25, 0.3) is 10.8 Å². The maximum absolute atomic E-state index is 12.2. The lowest BCUT2D eigenvalue weighted by molar-refractivity contribution is -0.121. The molecule has 2 N–H and O–H groups in total. The van der Waals surface area contributed by atoms with Gasteiger partial charge < -0.3 is 5.32 Å². The Morgan fingerprint density at radius 3 is 2.56 bits per heavy atom. The number of benzene rings is 3. The number of hydrazone groups is 1. The Hall–Kier alpha value is -2.41. The Balaban J connectivity index is 1.62. The molecule has 4 nitrogen and oxygen atoms in total. The van der Waals surface area contributed by atoms with Crippen LogP contribution in [0.2, 0.25) is 0 Å². The zero-order chi connectivity index (χ0) is 17.6. The van der Waals surface area contributed by atoms with E-state index in [0.29, 0.717) is 0 Å². The fourth-order valence-corrected chi connectivity index (χ4v) is 2.85. The topological polar surface area (TPSA) is 53.5 Å². The number of halogens is 1. The zero-order valence-electron chi connectivity index (χ0n) is 13.7. The van der Waals surface area contributed by atoms with Gasteiger partial charge in [-0.25, -0.2) is 5.43 Å². The molecule has 3 aromatic rings. The molecule has 3 rings (SSSR count). The average Bonchev–Trinajstić information content (AvgIpc) is 2.63. The zero-order valence-corrected chi connectivity index (χ0v) is 15.9. The fourth-order valence-electron chi connectivity index (χ4n) is 2.49. The highest BCUT2D eigenvalue weighted by Crippen LogP contribution is 2.16. The minimum atomic E-state index is -0.385. The SMILES string of the molecule is CC(Nc1ccc(I)cc1)C(=O)NN=Cc1cccc2ccccc12. The first-order valence-electron chi connectivity index (χ1n) is 7.96. The van der Waals surface area contributed by atoms with Crippen molar-refractivity contribution < 1.29 is 4.79 Å². The molecule has 5 heteroatoms. The summed E-state index contributed by atoms with van der Waals surface area (Å²) in [5, 5.41) is 9.51. The highest BCUT2D eigenvalue weighted by molar-refractivity contribution is 14.1. The van der Waals surface area contributed by atoms with E-state index in [-0.39, 0.29) is 11.9 Å². The van der Waals surface area contributed by atoms with Gasteiger partial charge in [-0.15, -0.1) is 0 Å². The van der Waals surface area contributed by atoms with Gasteiger partial charge in [-0.05, 0) is 64.6 Å². The van der Waals surface area contributed by atoms with E-state index in [2.05, 4.69) is 50.6 Å². The third-order valence-electron chi connectivity index (χ3n) is 3.82. The second kappa shape index (κ2) is 8.11. The smallest absolute Gasteiger partial charge is 0.262 e. The fraction of sp³-hybridized carbons (Fsp3) is 0.100. The molecule has 0 aliphatic carbocycles. The molecule has 0 fully saturated rings. The van der Waals surface area contributed by atoms with Crippen molar-refractivity contribution in [1.82, 2.24) is 5.43 Å². The van der Waals surface area contributed by atoms with Crippen LogP contribution >= 0.6 is 22.6 Å². The van der Waals surface area contributed by atoms with Crippen molar-refractivity contribution in [3.05, 3.63) is 75.9 Å². The summed E-state index contributed by atoms with van der Waals surface area (Å²) in [6, 6.07) is 21.6. The van der Waals surface area contributed by atoms with Gasteiger partial charge in [0.1, 0.15) is 6.04 Å². The molecule has 1 amide bonds. The van der Waals surface area contributed by atoms with Gasteiger partial charge in [-0.2, -0.15) is 5.10 Å². The molecule has 3 aromatic carbocycles. The summed E-state index contributed by atoms with van der Waals surface area (Å²) in [4.78, 5) is 12.2. The lowest BCUT2D eigenvalue weighted by atomic mass is 10.1. The number of nitrogens with one attached hydrogen (secondary N) is 2. The van der Waals surface area contributed by atoms with E-state index in [0.717, 1.165) is 25.6 Å². The Bertz CT molecular complexity index is 901. The molecule has 0 saturated heterocycles. The quantitative estimate of drug-likeness (QED) is 0.349. The second-order valence-corrected chi connectivity index (χ2v) is 6.92. The van der Waals surface area contributed by atoms with Crippen molar-refractivity contribution in [1.29, 1.82) is 0 Å². The molecule has 0 heterocycles. The third kappa shape index (κ3) is 4.57. The van der Waals surface area contributed by atoms with Crippen LogP contribution in [0.5, 0.6) is 0 Å². The number of carbonyl (C=O) groups is 1. The third-order valence-corrected chi connectivity index (χ3v) is 4.54. The Morgan fingerprint density at radius 2 is 1.76 bits per heavy atom. The summed E-state index contributed by atoms with van der Waals surface area (Å²) in [7, 11) is 0. The van der Waals surface area contributed by atoms with Crippen molar-refractivity contribution in [3.63, 3.8) is 0 Å². The first-order chi connectivity index (χ1) is 12.1. The Morgan fingerprint density at radius 1 is 1.04 bits per heavy atom. The van der Waals surface area contributed by atoms with Gasteiger partial charge in [0.15, 0.2) is 0 Å². The standard InChI is InChI=1S/C20H18IN3O/c1-14(23-18-11-9-17(21)10-12-18)20(25)24-22-13-16-7-4-6-15-5-2-3-8-19(15)16/h2-14,23H,1H3,(H,24,25). The van der Waals surface area contributed by atoms with Crippen molar-refractivity contribution in [3.8, 4) is 0 Å². The number of amides is 1. The summed E-state index contributed by atoms with van der Waals surface area (Å²) >= 11 is 2.25. The summed E-state index contributed by atoms with van der Waals surface area (Å²) in [6.45, 7) is 1.81. The highest BCUT2D eigenvalue weighted by Gasteiger charge is 2.11. The number of nitrogens with zero attached hydrogens (tertiary/aromatic N) is 1. The molecule has 1 atom stereocenters. The van der Waals surface area contributed by atoms with Crippen molar-refractivity contribution in [2.75, 3.05) is 5.32 Å². The van der Waals surface area contributed by atoms with Crippen LogP contribution < -0.4 is 10.7 Å². The summed E-state index contributed by atoms with van der Waals surface area (Å²) in [6.07, 6.45) is 1.68. The average molecular weight is 443 g/mol. The minimum absolute atomic E-state index is 0.185. The van der Waals surface area contributed by atoms with Crippen molar-refractivity contribution >= 4 is 51.2 Å². The molecule has 0 saturated carbocycles. The molecule has 25 heavy (non-hydrogen) atoms. The van der Waals surface area contributed by atoms with E-state index >= 15 is 0 Å². The summed E-state index contributed by atoms with van der Waals surface area (Å²) < 4.78 is 1.15. The molecule has 0 aromatic heterocycles. The van der Waals surface area contributed by atoms with Gasteiger partial charge in [0.05, 0.1) is 6.21 Å². The van der Waals surface area contributed by atoms with E-state index in [4.69, 9.17) is 0 Å². The largest absolute Gasteiger partial charge is 0.374 e. The van der Waals surface area contributed by atoms with Crippen LogP contribution in [-0.2, 0) is 4.79 Å². The number of rotatable bonds is 5. The van der Waals surface area contributed by atoms with Crippen LogP contribution in [0.15, 0.2) is 71.8 Å². The van der Waals surface area contributed by atoms with Gasteiger partial charge in [-0.3, -0.25) is 4.79 Å². The first kappa shape index (κ1) is 17.4. The Labute approximate surface area is 160 Å². The van der Waals surface area contributed by atoms with Crippen LogP contribution in [0.3, 0.4) is 0 Å². The monoisotopic (exact) mass is 443 g/mol. The van der Waals surface area contributed by atoms with Gasteiger partial charge in [0.2, 0.25) is 0 Å². The first-order valence-corrected chi connectivity index (χ1v) is 9.04. The minimum Gasteiger partial charge on any atom is -0.374 e. The number of fused-ring (bicyclic) bond motifs is 1. The van der Waals surface area contributed by atoms with Gasteiger partial charge in [0, 0.05) is 14.8 Å². The molecular formula is C20H18IN3O. The predicted molar refractivity (Wildman–Crippen MR) is 112 cm³/mol. The Kier molecular flexibility index (Phi) is 5.65. The van der Waals surface area contributed by atoms with Crippen molar-refractivity contribution in [2.45, 2.75) is 13.0 Å². The van der Waals surface area contributed by atoms with Crippen LogP contribution in [-0.4, -0.2) is 18.2 Å². The molecule has 0 radical (unpaired) electrons. The van der Waals surface area contributed by atoms with E-state index in [9.17, 15) is 4.79 Å². The number of anilines is 1. The molecule has 0 bridgehead atoms. The number of carbonyl (C=O) groups excluding carboxylic acids is 1. The highest BCUT2D eigenvalue weighted by atomic mass is 127. The molecule has 126 valence electrons. The van der Waals surface area contributed by atoms with E-state index in [1.165, 1.54) is 0 Å². The maximum Gasteiger partial charge on any atom is 0.262 e. The molecule has 1 unspecified atom stereocenters. The predicted octanol–water partition coefficient (Wildman–Crippen LogP) is 4.40. The van der Waals surface area contributed by atoms with Crippen molar-refractivity contribution in [2.24, 2.45) is 5.10 Å².